The minimum absolute atomic E-state index is 0.0603. The lowest BCUT2D eigenvalue weighted by atomic mass is 10.0. The molecule has 0 fully saturated rings. The minimum atomic E-state index is -0.762. The molecule has 0 radical (unpaired) electrons. The maximum absolute atomic E-state index is 12.9. The summed E-state index contributed by atoms with van der Waals surface area (Å²) in [5.41, 5.74) is 0. The molecule has 1 unspecified atom stereocenters. The monoisotopic (exact) mass is 1020 g/mol. The molecule has 0 bridgehead atoms. The fourth-order valence-electron chi connectivity index (χ4n) is 10.4. The number of carbonyl (C=O) groups is 3. The maximum Gasteiger partial charge on any atom is 0.306 e. The molecule has 0 spiro atoms. The Bertz CT molecular complexity index is 1080. The molecular formula is C66H128O6. The molecule has 0 aromatic rings. The first kappa shape index (κ1) is 70.4. The minimum Gasteiger partial charge on any atom is -0.462 e. The van der Waals surface area contributed by atoms with Crippen molar-refractivity contribution in [2.75, 3.05) is 13.2 Å². The molecule has 0 saturated heterocycles. The maximum atomic E-state index is 12.9. The van der Waals surface area contributed by atoms with Crippen LogP contribution in [0.2, 0.25) is 0 Å². The van der Waals surface area contributed by atoms with Crippen LogP contribution in [-0.2, 0) is 28.6 Å². The first-order valence-corrected chi connectivity index (χ1v) is 33.0. The molecule has 428 valence electrons. The van der Waals surface area contributed by atoms with E-state index in [4.69, 9.17) is 14.2 Å². The predicted molar refractivity (Wildman–Crippen MR) is 312 cm³/mol. The zero-order valence-corrected chi connectivity index (χ0v) is 49.2. The molecule has 0 aliphatic rings. The van der Waals surface area contributed by atoms with Gasteiger partial charge in [-0.3, -0.25) is 14.4 Å². The van der Waals surface area contributed by atoms with E-state index in [0.717, 1.165) is 57.8 Å². The van der Waals surface area contributed by atoms with Crippen molar-refractivity contribution in [3.8, 4) is 0 Å². The van der Waals surface area contributed by atoms with E-state index < -0.39 is 6.10 Å². The van der Waals surface area contributed by atoms with Crippen molar-refractivity contribution in [2.24, 2.45) is 0 Å². The Balaban J connectivity index is 4.25. The van der Waals surface area contributed by atoms with Crippen molar-refractivity contribution < 1.29 is 28.6 Å². The van der Waals surface area contributed by atoms with Gasteiger partial charge in [-0.2, -0.15) is 0 Å². The average molecular weight is 1020 g/mol. The standard InChI is InChI=1S/C66H128O6/c1-4-7-10-13-16-19-22-25-28-30-32-33-34-36-38-41-44-47-50-53-56-59-65(68)71-62-63(61-70-64(67)58-55-52-49-46-43-40-37-27-24-21-18-15-12-9-6-3)72-66(69)60-57-54-51-48-45-42-39-35-31-29-26-23-20-17-14-11-8-5-2/h63H,4-62H2,1-3H3. The van der Waals surface area contributed by atoms with Crippen LogP contribution in [0.4, 0.5) is 0 Å². The van der Waals surface area contributed by atoms with Gasteiger partial charge in [0.05, 0.1) is 0 Å². The Morgan fingerprint density at radius 1 is 0.222 bits per heavy atom. The van der Waals surface area contributed by atoms with Crippen molar-refractivity contribution in [2.45, 2.75) is 393 Å². The van der Waals surface area contributed by atoms with Crippen molar-refractivity contribution in [1.82, 2.24) is 0 Å². The van der Waals surface area contributed by atoms with Gasteiger partial charge in [-0.25, -0.2) is 0 Å². The second kappa shape index (κ2) is 62.0. The molecular weight excluding hydrogens is 889 g/mol. The van der Waals surface area contributed by atoms with Crippen molar-refractivity contribution in [1.29, 1.82) is 0 Å². The summed E-state index contributed by atoms with van der Waals surface area (Å²) in [7, 11) is 0. The van der Waals surface area contributed by atoms with E-state index in [-0.39, 0.29) is 31.1 Å². The third-order valence-electron chi connectivity index (χ3n) is 15.4. The van der Waals surface area contributed by atoms with Crippen LogP contribution in [0, 0.1) is 0 Å². The van der Waals surface area contributed by atoms with Gasteiger partial charge < -0.3 is 14.2 Å². The highest BCUT2D eigenvalue weighted by atomic mass is 16.6. The van der Waals surface area contributed by atoms with Crippen LogP contribution in [0.3, 0.4) is 0 Å². The summed E-state index contributed by atoms with van der Waals surface area (Å²) in [6.45, 7) is 6.74. The second-order valence-electron chi connectivity index (χ2n) is 22.8. The average Bonchev–Trinajstić information content (AvgIpc) is 3.38. The van der Waals surface area contributed by atoms with E-state index in [1.807, 2.05) is 0 Å². The first-order valence-electron chi connectivity index (χ1n) is 33.0. The van der Waals surface area contributed by atoms with Gasteiger partial charge in [-0.1, -0.05) is 348 Å². The van der Waals surface area contributed by atoms with Gasteiger partial charge in [-0.05, 0) is 19.3 Å². The van der Waals surface area contributed by atoms with Crippen LogP contribution in [0.25, 0.3) is 0 Å². The highest BCUT2D eigenvalue weighted by Crippen LogP contribution is 2.19. The van der Waals surface area contributed by atoms with Gasteiger partial charge in [0.15, 0.2) is 6.10 Å². The summed E-state index contributed by atoms with van der Waals surface area (Å²) in [6, 6.07) is 0. The van der Waals surface area contributed by atoms with Crippen LogP contribution in [0.5, 0.6) is 0 Å². The quantitative estimate of drug-likeness (QED) is 0.0343. The summed E-state index contributed by atoms with van der Waals surface area (Å²) >= 11 is 0. The fourth-order valence-corrected chi connectivity index (χ4v) is 10.4. The van der Waals surface area contributed by atoms with Crippen LogP contribution in [0.15, 0.2) is 0 Å². The lowest BCUT2D eigenvalue weighted by Crippen LogP contribution is -2.30. The molecule has 0 rings (SSSR count). The number of hydrogen-bond donors (Lipinski definition) is 0. The predicted octanol–water partition coefficient (Wildman–Crippen LogP) is 22.3. The highest BCUT2D eigenvalue weighted by Gasteiger charge is 2.19. The summed E-state index contributed by atoms with van der Waals surface area (Å²) in [6.07, 6.45) is 71.1. The number of ether oxygens (including phenoxy) is 3. The topological polar surface area (TPSA) is 78.9 Å². The molecule has 6 nitrogen and oxygen atoms in total. The summed E-state index contributed by atoms with van der Waals surface area (Å²) in [5, 5.41) is 0. The third-order valence-corrected chi connectivity index (χ3v) is 15.4. The van der Waals surface area contributed by atoms with Gasteiger partial charge in [0.2, 0.25) is 0 Å². The van der Waals surface area contributed by atoms with Crippen molar-refractivity contribution in [3.63, 3.8) is 0 Å². The van der Waals surface area contributed by atoms with Crippen molar-refractivity contribution in [3.05, 3.63) is 0 Å². The number of hydrogen-bond acceptors (Lipinski definition) is 6. The van der Waals surface area contributed by atoms with E-state index in [9.17, 15) is 14.4 Å². The largest absolute Gasteiger partial charge is 0.462 e. The lowest BCUT2D eigenvalue weighted by molar-refractivity contribution is -0.167. The van der Waals surface area contributed by atoms with Gasteiger partial charge >= 0.3 is 17.9 Å². The molecule has 0 aromatic carbocycles. The summed E-state index contributed by atoms with van der Waals surface area (Å²) < 4.78 is 17.0. The van der Waals surface area contributed by atoms with Crippen LogP contribution in [0.1, 0.15) is 387 Å². The highest BCUT2D eigenvalue weighted by molar-refractivity contribution is 5.71. The van der Waals surface area contributed by atoms with E-state index >= 15 is 0 Å². The third kappa shape index (κ3) is 59.3. The molecule has 72 heavy (non-hydrogen) atoms. The number of rotatable bonds is 62. The zero-order valence-electron chi connectivity index (χ0n) is 49.2. The molecule has 0 amide bonds. The smallest absolute Gasteiger partial charge is 0.306 e. The summed E-state index contributed by atoms with van der Waals surface area (Å²) in [4.78, 5) is 38.3. The molecule has 0 aliphatic heterocycles. The first-order chi connectivity index (χ1) is 35.5. The van der Waals surface area contributed by atoms with E-state index in [1.54, 1.807) is 0 Å². The van der Waals surface area contributed by atoms with Crippen LogP contribution in [-0.4, -0.2) is 37.2 Å². The summed E-state index contributed by atoms with van der Waals surface area (Å²) in [5.74, 6) is -0.822. The molecule has 1 atom stereocenters. The van der Waals surface area contributed by atoms with Gasteiger partial charge in [-0.15, -0.1) is 0 Å². The number of unbranched alkanes of at least 4 members (excludes halogenated alkanes) is 51. The Morgan fingerprint density at radius 3 is 0.556 bits per heavy atom. The zero-order chi connectivity index (χ0) is 52.2. The molecule has 0 heterocycles. The van der Waals surface area contributed by atoms with Gasteiger partial charge in [0, 0.05) is 19.3 Å². The van der Waals surface area contributed by atoms with Crippen LogP contribution >= 0.6 is 0 Å². The second-order valence-corrected chi connectivity index (χ2v) is 22.8. The molecule has 0 aromatic heterocycles. The molecule has 0 N–H and O–H groups in total. The normalized spacial score (nSPS) is 11.9. The molecule has 6 heteroatoms. The Morgan fingerprint density at radius 2 is 0.375 bits per heavy atom. The SMILES string of the molecule is CCCCCCCCCCCCCCCCCCCCCCCC(=O)OCC(COC(=O)CCCCCCCCCCCCCCCCC)OC(=O)CCCCCCCCCCCCCCCCCCCC. The van der Waals surface area contributed by atoms with E-state index in [2.05, 4.69) is 20.8 Å². The number of carbonyl (C=O) groups excluding carboxylic acids is 3. The molecule has 0 saturated carbocycles. The van der Waals surface area contributed by atoms with Crippen LogP contribution < -0.4 is 0 Å². The van der Waals surface area contributed by atoms with E-state index in [1.165, 1.54) is 289 Å². The molecule has 0 aliphatic carbocycles. The van der Waals surface area contributed by atoms with E-state index in [0.29, 0.717) is 19.3 Å². The lowest BCUT2D eigenvalue weighted by Gasteiger charge is -2.18. The Kier molecular flexibility index (Phi) is 60.6. The van der Waals surface area contributed by atoms with Gasteiger partial charge in [0.25, 0.3) is 0 Å². The Labute approximate surface area is 450 Å². The number of esters is 3. The van der Waals surface area contributed by atoms with Gasteiger partial charge in [0.1, 0.15) is 13.2 Å². The fraction of sp³-hybridized carbons (Fsp3) is 0.955. The Hall–Kier alpha value is -1.59. The van der Waals surface area contributed by atoms with Crippen molar-refractivity contribution >= 4 is 17.9 Å².